The normalized spacial score (nSPS) is 11.8. The Bertz CT molecular complexity index is 722. The highest BCUT2D eigenvalue weighted by atomic mass is 16.5. The molecular formula is C19H32N6O. The van der Waals surface area contributed by atoms with Gasteiger partial charge >= 0.3 is 0 Å². The lowest BCUT2D eigenvalue weighted by Gasteiger charge is -2.11. The van der Waals surface area contributed by atoms with Crippen molar-refractivity contribution in [2.45, 2.75) is 60.4 Å². The zero-order valence-corrected chi connectivity index (χ0v) is 16.9. The van der Waals surface area contributed by atoms with Gasteiger partial charge in [0.25, 0.3) is 0 Å². The van der Waals surface area contributed by atoms with E-state index in [1.165, 1.54) is 11.3 Å². The van der Waals surface area contributed by atoms with E-state index in [-0.39, 0.29) is 0 Å². The van der Waals surface area contributed by atoms with E-state index >= 15 is 0 Å². The second-order valence-electron chi connectivity index (χ2n) is 6.38. The van der Waals surface area contributed by atoms with Crippen LogP contribution < -0.4 is 10.6 Å². The van der Waals surface area contributed by atoms with Gasteiger partial charge in [0.2, 0.25) is 0 Å². The number of aromatic nitrogens is 3. The van der Waals surface area contributed by atoms with Gasteiger partial charge in [-0.1, -0.05) is 19.0 Å². The van der Waals surface area contributed by atoms with Crippen LogP contribution in [-0.2, 0) is 32.9 Å². The summed E-state index contributed by atoms with van der Waals surface area (Å²) in [6, 6.07) is 0. The number of nitrogens with one attached hydrogen (secondary N) is 2. The third-order valence-corrected chi connectivity index (χ3v) is 4.67. The monoisotopic (exact) mass is 360 g/mol. The molecule has 0 unspecified atom stereocenters. The Labute approximate surface area is 156 Å². The molecule has 0 radical (unpaired) electrons. The zero-order valence-electron chi connectivity index (χ0n) is 16.9. The minimum Gasteiger partial charge on any atom is -0.361 e. The van der Waals surface area contributed by atoms with Crippen molar-refractivity contribution in [2.24, 2.45) is 12.0 Å². The Morgan fingerprint density at radius 1 is 1.12 bits per heavy atom. The SMILES string of the molecule is CCNC(=NCc1c(CC)noc1CC)NCCc1c(C)nn(C)c1C. The minimum absolute atomic E-state index is 0.579. The third kappa shape index (κ3) is 4.65. The van der Waals surface area contributed by atoms with E-state index in [0.717, 1.165) is 61.0 Å². The standard InChI is InChI=1S/C19H32N6O/c1-7-17-16(18(8-2)26-24-17)12-22-19(20-9-3)21-11-10-15-13(4)23-25(6)14(15)5/h7-12H2,1-6H3,(H2,20,21,22). The average molecular weight is 361 g/mol. The lowest BCUT2D eigenvalue weighted by molar-refractivity contribution is 0.380. The van der Waals surface area contributed by atoms with Crippen molar-refractivity contribution >= 4 is 5.96 Å². The highest BCUT2D eigenvalue weighted by Crippen LogP contribution is 2.17. The van der Waals surface area contributed by atoms with Crippen LogP contribution in [0, 0.1) is 13.8 Å². The number of nitrogens with zero attached hydrogens (tertiary/aromatic N) is 4. The van der Waals surface area contributed by atoms with Crippen molar-refractivity contribution in [1.82, 2.24) is 25.6 Å². The molecule has 0 fully saturated rings. The number of hydrogen-bond donors (Lipinski definition) is 2. The molecule has 0 aromatic carbocycles. The van der Waals surface area contributed by atoms with Crippen LogP contribution in [0.15, 0.2) is 9.52 Å². The summed E-state index contributed by atoms with van der Waals surface area (Å²) < 4.78 is 7.37. The lowest BCUT2D eigenvalue weighted by atomic mass is 10.1. The topological polar surface area (TPSA) is 80.3 Å². The van der Waals surface area contributed by atoms with E-state index in [1.54, 1.807) is 0 Å². The largest absolute Gasteiger partial charge is 0.361 e. The Kier molecular flexibility index (Phi) is 7.24. The highest BCUT2D eigenvalue weighted by molar-refractivity contribution is 5.79. The smallest absolute Gasteiger partial charge is 0.191 e. The van der Waals surface area contributed by atoms with Crippen molar-refractivity contribution in [3.05, 3.63) is 34.0 Å². The van der Waals surface area contributed by atoms with Gasteiger partial charge in [0.1, 0.15) is 5.76 Å². The van der Waals surface area contributed by atoms with Gasteiger partial charge in [-0.2, -0.15) is 5.10 Å². The molecule has 144 valence electrons. The first kappa shape index (κ1) is 20.0. The molecule has 0 aliphatic heterocycles. The van der Waals surface area contributed by atoms with E-state index in [0.29, 0.717) is 6.54 Å². The fraction of sp³-hybridized carbons (Fsp3) is 0.632. The fourth-order valence-corrected chi connectivity index (χ4v) is 3.10. The molecular weight excluding hydrogens is 328 g/mol. The zero-order chi connectivity index (χ0) is 19.1. The predicted octanol–water partition coefficient (Wildman–Crippen LogP) is 2.45. The molecule has 0 aliphatic rings. The molecule has 0 atom stereocenters. The van der Waals surface area contributed by atoms with E-state index in [9.17, 15) is 0 Å². The summed E-state index contributed by atoms with van der Waals surface area (Å²) in [6.45, 7) is 12.6. The Balaban J connectivity index is 2.02. The second-order valence-corrected chi connectivity index (χ2v) is 6.38. The molecule has 7 nitrogen and oxygen atoms in total. The fourth-order valence-electron chi connectivity index (χ4n) is 3.10. The molecule has 0 bridgehead atoms. The van der Waals surface area contributed by atoms with Crippen molar-refractivity contribution in [1.29, 1.82) is 0 Å². The maximum absolute atomic E-state index is 5.43. The van der Waals surface area contributed by atoms with Crippen molar-refractivity contribution in [3.8, 4) is 0 Å². The maximum Gasteiger partial charge on any atom is 0.191 e. The molecule has 0 saturated carbocycles. The molecule has 2 aromatic rings. The van der Waals surface area contributed by atoms with Crippen molar-refractivity contribution in [3.63, 3.8) is 0 Å². The molecule has 2 N–H and O–H groups in total. The van der Waals surface area contributed by atoms with Crippen LogP contribution in [-0.4, -0.2) is 34.0 Å². The average Bonchev–Trinajstić information content (AvgIpc) is 3.14. The molecule has 26 heavy (non-hydrogen) atoms. The predicted molar refractivity (Wildman–Crippen MR) is 104 cm³/mol. The van der Waals surface area contributed by atoms with E-state index in [2.05, 4.69) is 55.5 Å². The van der Waals surface area contributed by atoms with Crippen LogP contribution in [0.25, 0.3) is 0 Å². The molecule has 2 heterocycles. The summed E-state index contributed by atoms with van der Waals surface area (Å²) in [5.74, 6) is 1.75. The van der Waals surface area contributed by atoms with E-state index in [4.69, 9.17) is 9.52 Å². The molecule has 7 heteroatoms. The summed E-state index contributed by atoms with van der Waals surface area (Å²) >= 11 is 0. The van der Waals surface area contributed by atoms with E-state index in [1.807, 2.05) is 11.7 Å². The summed E-state index contributed by atoms with van der Waals surface area (Å²) in [4.78, 5) is 4.73. The van der Waals surface area contributed by atoms with Crippen LogP contribution in [0.2, 0.25) is 0 Å². The molecule has 0 amide bonds. The van der Waals surface area contributed by atoms with Crippen LogP contribution in [0.3, 0.4) is 0 Å². The van der Waals surface area contributed by atoms with Gasteiger partial charge in [0, 0.05) is 37.8 Å². The van der Waals surface area contributed by atoms with Gasteiger partial charge in [-0.15, -0.1) is 0 Å². The summed E-state index contributed by atoms with van der Waals surface area (Å²) in [7, 11) is 1.99. The molecule has 0 saturated heterocycles. The van der Waals surface area contributed by atoms with Crippen LogP contribution in [0.5, 0.6) is 0 Å². The van der Waals surface area contributed by atoms with Crippen LogP contribution >= 0.6 is 0 Å². The molecule has 0 spiro atoms. The first-order valence-electron chi connectivity index (χ1n) is 9.49. The van der Waals surface area contributed by atoms with Crippen molar-refractivity contribution in [2.75, 3.05) is 13.1 Å². The van der Waals surface area contributed by atoms with Crippen molar-refractivity contribution < 1.29 is 4.52 Å². The van der Waals surface area contributed by atoms with Gasteiger partial charge in [-0.05, 0) is 39.2 Å². The minimum atomic E-state index is 0.579. The van der Waals surface area contributed by atoms with Crippen LogP contribution in [0.4, 0.5) is 0 Å². The number of aliphatic imine (C=N–C) groups is 1. The number of rotatable bonds is 8. The maximum atomic E-state index is 5.43. The summed E-state index contributed by atoms with van der Waals surface area (Å²) in [5.41, 5.74) is 5.74. The van der Waals surface area contributed by atoms with Gasteiger partial charge in [0.15, 0.2) is 5.96 Å². The van der Waals surface area contributed by atoms with E-state index < -0.39 is 0 Å². The number of hydrogen-bond acceptors (Lipinski definition) is 4. The Morgan fingerprint density at radius 2 is 1.88 bits per heavy atom. The van der Waals surface area contributed by atoms with Gasteiger partial charge in [0.05, 0.1) is 17.9 Å². The lowest BCUT2D eigenvalue weighted by Crippen LogP contribution is -2.38. The van der Waals surface area contributed by atoms with Gasteiger partial charge in [-0.3, -0.25) is 4.68 Å². The quantitative estimate of drug-likeness (QED) is 0.558. The first-order chi connectivity index (χ1) is 12.5. The molecule has 0 aliphatic carbocycles. The second kappa shape index (κ2) is 9.40. The Hall–Kier alpha value is -2.31. The Morgan fingerprint density at radius 3 is 2.46 bits per heavy atom. The van der Waals surface area contributed by atoms with Gasteiger partial charge in [-0.25, -0.2) is 4.99 Å². The third-order valence-electron chi connectivity index (χ3n) is 4.67. The summed E-state index contributed by atoms with van der Waals surface area (Å²) in [5, 5.41) is 15.4. The number of aryl methyl sites for hydroxylation is 4. The first-order valence-corrected chi connectivity index (χ1v) is 9.49. The molecule has 2 aromatic heterocycles. The number of guanidine groups is 1. The highest BCUT2D eigenvalue weighted by Gasteiger charge is 2.13. The molecule has 2 rings (SSSR count). The summed E-state index contributed by atoms with van der Waals surface area (Å²) in [6.07, 6.45) is 2.61. The van der Waals surface area contributed by atoms with Gasteiger partial charge < -0.3 is 15.2 Å². The van der Waals surface area contributed by atoms with Crippen LogP contribution in [0.1, 0.15) is 54.7 Å².